The van der Waals surface area contributed by atoms with Crippen LogP contribution < -0.4 is 45.3 Å². The first-order valence-corrected chi connectivity index (χ1v) is 11.4. The van der Waals surface area contributed by atoms with Gasteiger partial charge in [0.1, 0.15) is 18.4 Å². The minimum atomic E-state index is -5.11. The molecular weight excluding hydrogens is 467 g/mol. The number of carbonyl (C=O) groups is 3. The van der Waals surface area contributed by atoms with Crippen molar-refractivity contribution in [1.82, 2.24) is 15.3 Å². The molecule has 176 valence electrons. The zero-order valence-electron chi connectivity index (χ0n) is 18.4. The fourth-order valence-electron chi connectivity index (χ4n) is 3.69. The number of Topliss-reactive ketones (excluding diaryl/α,β-unsaturated/α-hetero) is 1. The van der Waals surface area contributed by atoms with Crippen LogP contribution in [0.4, 0.5) is 4.79 Å². The van der Waals surface area contributed by atoms with Crippen molar-refractivity contribution in [1.29, 1.82) is 0 Å². The van der Waals surface area contributed by atoms with Crippen molar-refractivity contribution < 1.29 is 65.9 Å². The van der Waals surface area contributed by atoms with Gasteiger partial charge in [0.05, 0.1) is 12.6 Å². The molecule has 2 saturated heterocycles. The van der Waals surface area contributed by atoms with E-state index in [1.807, 2.05) is 0 Å². The number of benzene rings is 1. The number of hydrogen-bond acceptors (Lipinski definition) is 9. The summed E-state index contributed by atoms with van der Waals surface area (Å²) in [6.45, 7) is 1.89. The van der Waals surface area contributed by atoms with Gasteiger partial charge in [0.25, 0.3) is 0 Å². The van der Waals surface area contributed by atoms with Crippen LogP contribution in [0.5, 0.6) is 5.75 Å². The summed E-state index contributed by atoms with van der Waals surface area (Å²) < 4.78 is 42.4. The van der Waals surface area contributed by atoms with Gasteiger partial charge in [0.2, 0.25) is 16.3 Å². The van der Waals surface area contributed by atoms with Crippen molar-refractivity contribution in [3.63, 3.8) is 0 Å². The number of hydroxylamine groups is 2. The first-order valence-electron chi connectivity index (χ1n) is 10.1. The summed E-state index contributed by atoms with van der Waals surface area (Å²) in [5.74, 6) is -0.267. The van der Waals surface area contributed by atoms with Gasteiger partial charge in [-0.1, -0.05) is 18.2 Å². The van der Waals surface area contributed by atoms with E-state index in [1.54, 1.807) is 31.2 Å². The van der Waals surface area contributed by atoms with E-state index in [9.17, 15) is 27.4 Å². The predicted octanol–water partition coefficient (Wildman–Crippen LogP) is -3.70. The molecule has 1 aromatic rings. The Morgan fingerprint density at radius 2 is 2.00 bits per heavy atom. The molecule has 2 bridgehead atoms. The number of ether oxygens (including phenoxy) is 1. The normalized spacial score (nSPS) is 20.8. The van der Waals surface area contributed by atoms with Crippen LogP contribution in [0, 0.1) is 0 Å². The molecular formula is C19H25N4NaO8S. The summed E-state index contributed by atoms with van der Waals surface area (Å²) >= 11 is 0. The van der Waals surface area contributed by atoms with Gasteiger partial charge >= 0.3 is 35.6 Å². The smallest absolute Gasteiger partial charge is 0.724 e. The number of nitrogens with one attached hydrogen (secondary N) is 1. The van der Waals surface area contributed by atoms with E-state index in [0.717, 1.165) is 4.90 Å². The fourth-order valence-corrected chi connectivity index (χ4v) is 4.07. The van der Waals surface area contributed by atoms with Crippen LogP contribution >= 0.6 is 0 Å². The molecule has 3 rings (SSSR count). The number of nitrogens with zero attached hydrogens (tertiary/aromatic N) is 2. The summed E-state index contributed by atoms with van der Waals surface area (Å²) in [6, 6.07) is 4.46. The molecule has 0 aromatic heterocycles. The van der Waals surface area contributed by atoms with Crippen LogP contribution in [-0.2, 0) is 30.7 Å². The van der Waals surface area contributed by atoms with Crippen LogP contribution in [0.15, 0.2) is 24.3 Å². The van der Waals surface area contributed by atoms with Crippen LogP contribution in [0.3, 0.4) is 0 Å². The molecule has 0 unspecified atom stereocenters. The molecule has 0 aliphatic carbocycles. The number of fused-ring (bicyclic) bond motifs is 2. The SMILES string of the molecule is C[C@@H](N)COc1ccccc1CC(=O)CNC(=O)[C@@H]1CC[C@@H]2CN1C(=O)N2OS(=O)(=O)[O-].[Na+]. The van der Waals surface area contributed by atoms with Crippen LogP contribution in [0.2, 0.25) is 0 Å². The van der Waals surface area contributed by atoms with Crippen molar-refractivity contribution in [2.24, 2.45) is 5.73 Å². The summed E-state index contributed by atoms with van der Waals surface area (Å²) in [5.41, 5.74) is 6.36. The largest absolute Gasteiger partial charge is 1.00 e. The third-order valence-corrected chi connectivity index (χ3v) is 5.46. The predicted molar refractivity (Wildman–Crippen MR) is 109 cm³/mol. The first kappa shape index (κ1) is 27.5. The van der Waals surface area contributed by atoms with Crippen molar-refractivity contribution in [2.45, 2.75) is 44.3 Å². The molecule has 12 nitrogen and oxygen atoms in total. The van der Waals surface area contributed by atoms with Crippen molar-refractivity contribution in [3.05, 3.63) is 29.8 Å². The third-order valence-electron chi connectivity index (χ3n) is 5.12. The number of piperidine rings is 1. The van der Waals surface area contributed by atoms with Gasteiger partial charge in [-0.05, 0) is 25.8 Å². The number of urea groups is 1. The van der Waals surface area contributed by atoms with Crippen molar-refractivity contribution in [3.8, 4) is 5.75 Å². The van der Waals surface area contributed by atoms with E-state index < -0.39 is 34.4 Å². The number of ketones is 1. The number of hydrogen-bond donors (Lipinski definition) is 2. The van der Waals surface area contributed by atoms with E-state index in [4.69, 9.17) is 10.5 Å². The standard InChI is InChI=1S/C19H26N4O8S.Na/c1-12(20)11-30-17-5-3-2-4-13(17)8-15(24)9-21-18(25)16-7-6-14-10-22(16)19(26)23(14)31-32(27,28)29;/h2-5,12,14,16H,6-11,20H2,1H3,(H,21,25)(H,27,28,29);/q;+1/p-1/t12-,14-,16+;/m1./s1. The molecule has 0 radical (unpaired) electrons. The Morgan fingerprint density at radius 1 is 1.30 bits per heavy atom. The molecule has 2 fully saturated rings. The minimum Gasteiger partial charge on any atom is -0.724 e. The Balaban J connectivity index is 0.00000385. The molecule has 2 heterocycles. The summed E-state index contributed by atoms with van der Waals surface area (Å²) in [6.07, 6.45) is 0.547. The summed E-state index contributed by atoms with van der Waals surface area (Å²) in [4.78, 5) is 38.5. The second kappa shape index (κ2) is 11.6. The maximum absolute atomic E-state index is 12.6. The van der Waals surface area contributed by atoms with E-state index in [2.05, 4.69) is 9.60 Å². The van der Waals surface area contributed by atoms with Crippen LogP contribution in [-0.4, -0.2) is 78.5 Å². The molecule has 33 heavy (non-hydrogen) atoms. The maximum atomic E-state index is 12.6. The molecule has 2 aliphatic heterocycles. The molecule has 3 N–H and O–H groups in total. The van der Waals surface area contributed by atoms with Crippen LogP contribution in [0.1, 0.15) is 25.3 Å². The second-order valence-corrected chi connectivity index (χ2v) is 8.79. The average Bonchev–Trinajstić information content (AvgIpc) is 2.95. The third kappa shape index (κ3) is 7.37. The van der Waals surface area contributed by atoms with Gasteiger partial charge in [-0.3, -0.25) is 9.59 Å². The molecule has 2 aliphatic rings. The number of para-hydroxylation sites is 1. The minimum absolute atomic E-state index is 0. The Bertz CT molecular complexity index is 990. The maximum Gasteiger partial charge on any atom is 1.00 e. The fraction of sp³-hybridized carbons (Fsp3) is 0.526. The molecule has 0 saturated carbocycles. The number of carbonyl (C=O) groups excluding carboxylic acids is 3. The van der Waals surface area contributed by atoms with Crippen molar-refractivity contribution in [2.75, 3.05) is 19.7 Å². The number of rotatable bonds is 10. The van der Waals surface area contributed by atoms with E-state index >= 15 is 0 Å². The van der Waals surface area contributed by atoms with E-state index in [1.165, 1.54) is 0 Å². The number of nitrogens with two attached hydrogens (primary N) is 1. The second-order valence-electron chi connectivity index (χ2n) is 7.82. The molecule has 14 heteroatoms. The van der Waals surface area contributed by atoms with Gasteiger partial charge in [0, 0.05) is 24.6 Å². The van der Waals surface area contributed by atoms with Gasteiger partial charge in [-0.2, -0.15) is 9.35 Å². The topological polar surface area (TPSA) is 171 Å². The summed E-state index contributed by atoms with van der Waals surface area (Å²) in [7, 11) is -5.11. The average molecular weight is 492 g/mol. The quantitative estimate of drug-likeness (QED) is 0.189. The van der Waals surface area contributed by atoms with E-state index in [0.29, 0.717) is 23.0 Å². The Morgan fingerprint density at radius 3 is 2.67 bits per heavy atom. The molecule has 1 aromatic carbocycles. The van der Waals surface area contributed by atoms with Crippen molar-refractivity contribution >= 4 is 28.1 Å². The summed E-state index contributed by atoms with van der Waals surface area (Å²) in [5, 5.41) is 3.03. The van der Waals surface area contributed by atoms with Gasteiger partial charge in [0.15, 0.2) is 5.78 Å². The van der Waals surface area contributed by atoms with Gasteiger partial charge in [-0.25, -0.2) is 13.2 Å². The Labute approximate surface area is 213 Å². The number of amides is 3. The van der Waals surface area contributed by atoms with Gasteiger partial charge in [-0.15, -0.1) is 0 Å². The molecule has 3 atom stereocenters. The zero-order chi connectivity index (χ0) is 23.5. The first-order chi connectivity index (χ1) is 15.0. The Kier molecular flexibility index (Phi) is 9.67. The Hall–Kier alpha value is -1.74. The zero-order valence-corrected chi connectivity index (χ0v) is 21.2. The van der Waals surface area contributed by atoms with E-state index in [-0.39, 0.29) is 73.7 Å². The van der Waals surface area contributed by atoms with Gasteiger partial charge < -0.3 is 25.2 Å². The molecule has 3 amide bonds. The monoisotopic (exact) mass is 492 g/mol. The van der Waals surface area contributed by atoms with Crippen LogP contribution in [0.25, 0.3) is 0 Å². The molecule has 0 spiro atoms.